The molecule has 1 aromatic carbocycles. The zero-order valence-electron chi connectivity index (χ0n) is 11.2. The second-order valence-electron chi connectivity index (χ2n) is 3.98. The van der Waals surface area contributed by atoms with Gasteiger partial charge >= 0.3 is 0 Å². The largest absolute Gasteiger partial charge is 0.497 e. The molecule has 2 aromatic rings. The molecule has 0 aliphatic rings. The van der Waals surface area contributed by atoms with Crippen molar-refractivity contribution in [3.8, 4) is 11.5 Å². The van der Waals surface area contributed by atoms with E-state index < -0.39 is 10.0 Å². The Morgan fingerprint density at radius 2 is 2.00 bits per heavy atom. The van der Waals surface area contributed by atoms with Gasteiger partial charge in [-0.15, -0.1) is 11.3 Å². The predicted octanol–water partition coefficient (Wildman–Crippen LogP) is 2.77. The second-order valence-corrected chi connectivity index (χ2v) is 7.69. The van der Waals surface area contributed by atoms with Crippen molar-refractivity contribution in [1.29, 1.82) is 0 Å². The maximum Gasteiger partial charge on any atom is 0.250 e. The highest BCUT2D eigenvalue weighted by atomic mass is 35.5. The van der Waals surface area contributed by atoms with E-state index in [1.54, 1.807) is 37.4 Å². The highest BCUT2D eigenvalue weighted by Crippen LogP contribution is 2.25. The first-order valence-corrected chi connectivity index (χ1v) is 8.71. The summed E-state index contributed by atoms with van der Waals surface area (Å²) in [6, 6.07) is 10.1. The van der Waals surface area contributed by atoms with Gasteiger partial charge in [-0.25, -0.2) is 13.1 Å². The third-order valence-corrected chi connectivity index (χ3v) is 5.70. The summed E-state index contributed by atoms with van der Waals surface area (Å²) in [5.74, 6) is 1.30. The Kier molecular flexibility index (Phi) is 5.46. The third kappa shape index (κ3) is 4.60. The van der Waals surface area contributed by atoms with Gasteiger partial charge in [0.2, 0.25) is 10.0 Å². The van der Waals surface area contributed by atoms with Crippen LogP contribution in [0.4, 0.5) is 0 Å². The molecule has 1 N–H and O–H groups in total. The van der Waals surface area contributed by atoms with Gasteiger partial charge in [0.25, 0.3) is 0 Å². The minimum atomic E-state index is -3.53. The van der Waals surface area contributed by atoms with Gasteiger partial charge in [-0.2, -0.15) is 0 Å². The van der Waals surface area contributed by atoms with Crippen molar-refractivity contribution < 1.29 is 17.9 Å². The van der Waals surface area contributed by atoms with Crippen LogP contribution in [-0.2, 0) is 10.0 Å². The van der Waals surface area contributed by atoms with Gasteiger partial charge in [0, 0.05) is 12.6 Å². The molecule has 0 spiro atoms. The van der Waals surface area contributed by atoms with Crippen LogP contribution in [0.1, 0.15) is 0 Å². The first-order valence-electron chi connectivity index (χ1n) is 6.03. The van der Waals surface area contributed by atoms with E-state index in [0.717, 1.165) is 11.3 Å². The number of hydrogen-bond donors (Lipinski definition) is 1. The first kappa shape index (κ1) is 16.1. The number of halogens is 1. The maximum atomic E-state index is 11.9. The highest BCUT2D eigenvalue weighted by molar-refractivity contribution is 7.91. The third-order valence-electron chi connectivity index (χ3n) is 2.52. The van der Waals surface area contributed by atoms with Crippen molar-refractivity contribution >= 4 is 33.0 Å². The molecule has 2 rings (SSSR count). The van der Waals surface area contributed by atoms with E-state index >= 15 is 0 Å². The van der Waals surface area contributed by atoms with Gasteiger partial charge < -0.3 is 9.47 Å². The van der Waals surface area contributed by atoms with Crippen molar-refractivity contribution in [3.05, 3.63) is 40.7 Å². The first-order chi connectivity index (χ1) is 10.0. The van der Waals surface area contributed by atoms with Crippen molar-refractivity contribution in [2.45, 2.75) is 4.21 Å². The van der Waals surface area contributed by atoms with Crippen LogP contribution < -0.4 is 14.2 Å². The Balaban J connectivity index is 1.84. The summed E-state index contributed by atoms with van der Waals surface area (Å²) >= 11 is 6.74. The van der Waals surface area contributed by atoms with Crippen molar-refractivity contribution in [1.82, 2.24) is 4.72 Å². The molecule has 0 saturated heterocycles. The summed E-state index contributed by atoms with van der Waals surface area (Å²) in [5, 5.41) is 0. The number of hydrogen-bond acceptors (Lipinski definition) is 5. The van der Waals surface area contributed by atoms with Gasteiger partial charge in [0.05, 0.1) is 11.4 Å². The van der Waals surface area contributed by atoms with Crippen LogP contribution in [-0.4, -0.2) is 28.7 Å². The fourth-order valence-electron chi connectivity index (χ4n) is 1.55. The molecular formula is C13H14ClNO4S2. The molecule has 21 heavy (non-hydrogen) atoms. The van der Waals surface area contributed by atoms with Crippen molar-refractivity contribution in [3.63, 3.8) is 0 Å². The van der Waals surface area contributed by atoms with Gasteiger partial charge in [0.1, 0.15) is 22.3 Å². The molecule has 0 amide bonds. The average molecular weight is 348 g/mol. The quantitative estimate of drug-likeness (QED) is 0.782. The van der Waals surface area contributed by atoms with Gasteiger partial charge in [0.15, 0.2) is 0 Å². The lowest BCUT2D eigenvalue weighted by Crippen LogP contribution is -2.27. The monoisotopic (exact) mass is 347 g/mol. The zero-order valence-corrected chi connectivity index (χ0v) is 13.6. The number of ether oxygens (including phenoxy) is 2. The Morgan fingerprint density at radius 3 is 2.67 bits per heavy atom. The standard InChI is InChI=1S/C13H14ClNO4S2/c1-18-10-3-2-4-11(9-10)19-8-7-15-21(16,17)13-6-5-12(14)20-13/h2-6,9,15H,7-8H2,1H3. The molecule has 1 heterocycles. The lowest BCUT2D eigenvalue weighted by molar-refractivity contribution is 0.320. The SMILES string of the molecule is COc1cccc(OCCNS(=O)(=O)c2ccc(Cl)s2)c1. The van der Waals surface area contributed by atoms with E-state index in [2.05, 4.69) is 4.72 Å². The predicted molar refractivity (Wildman–Crippen MR) is 83.0 cm³/mol. The lowest BCUT2D eigenvalue weighted by atomic mass is 10.3. The number of nitrogens with one attached hydrogen (secondary N) is 1. The topological polar surface area (TPSA) is 64.6 Å². The molecule has 0 aliphatic heterocycles. The van der Waals surface area contributed by atoms with E-state index in [0.29, 0.717) is 15.8 Å². The van der Waals surface area contributed by atoms with E-state index in [9.17, 15) is 8.42 Å². The second kappa shape index (κ2) is 7.13. The molecule has 5 nitrogen and oxygen atoms in total. The van der Waals surface area contributed by atoms with E-state index in [1.807, 2.05) is 0 Å². The molecule has 1 aromatic heterocycles. The highest BCUT2D eigenvalue weighted by Gasteiger charge is 2.15. The summed E-state index contributed by atoms with van der Waals surface area (Å²) in [4.78, 5) is 0. The minimum Gasteiger partial charge on any atom is -0.497 e. The molecule has 0 bridgehead atoms. The van der Waals surface area contributed by atoms with Crippen LogP contribution in [0.25, 0.3) is 0 Å². The Morgan fingerprint density at radius 1 is 1.24 bits per heavy atom. The summed E-state index contributed by atoms with van der Waals surface area (Å²) < 4.78 is 37.5. The summed E-state index contributed by atoms with van der Waals surface area (Å²) in [7, 11) is -1.96. The van der Waals surface area contributed by atoms with Crippen molar-refractivity contribution in [2.75, 3.05) is 20.3 Å². The van der Waals surface area contributed by atoms with E-state index in [1.165, 1.54) is 6.07 Å². The van der Waals surface area contributed by atoms with Crippen LogP contribution in [0, 0.1) is 0 Å². The molecule has 0 fully saturated rings. The van der Waals surface area contributed by atoms with Crippen molar-refractivity contribution in [2.24, 2.45) is 0 Å². The van der Waals surface area contributed by atoms with E-state index in [4.69, 9.17) is 21.1 Å². The van der Waals surface area contributed by atoms with Crippen LogP contribution in [0.15, 0.2) is 40.6 Å². The Labute approximate surface area is 132 Å². The number of sulfonamides is 1. The molecule has 0 unspecified atom stereocenters. The molecular weight excluding hydrogens is 334 g/mol. The molecule has 8 heteroatoms. The fraction of sp³-hybridized carbons (Fsp3) is 0.231. The summed E-state index contributed by atoms with van der Waals surface area (Å²) in [5.41, 5.74) is 0. The van der Waals surface area contributed by atoms with E-state index in [-0.39, 0.29) is 17.4 Å². The van der Waals surface area contributed by atoms with Crippen LogP contribution in [0.3, 0.4) is 0 Å². The maximum absolute atomic E-state index is 11.9. The molecule has 0 atom stereocenters. The molecule has 114 valence electrons. The van der Waals surface area contributed by atoms with Gasteiger partial charge in [-0.3, -0.25) is 0 Å². The number of methoxy groups -OCH3 is 1. The fourth-order valence-corrected chi connectivity index (χ4v) is 4.09. The molecule has 0 saturated carbocycles. The normalized spacial score (nSPS) is 11.3. The Bertz CT molecular complexity index is 700. The smallest absolute Gasteiger partial charge is 0.250 e. The zero-order chi connectivity index (χ0) is 15.3. The van der Waals surface area contributed by atoms with Gasteiger partial charge in [-0.1, -0.05) is 17.7 Å². The number of benzene rings is 1. The summed E-state index contributed by atoms with van der Waals surface area (Å²) in [6.07, 6.45) is 0. The summed E-state index contributed by atoms with van der Waals surface area (Å²) in [6.45, 7) is 0.376. The number of rotatable bonds is 7. The van der Waals surface area contributed by atoms with Crippen LogP contribution >= 0.6 is 22.9 Å². The minimum absolute atomic E-state index is 0.162. The van der Waals surface area contributed by atoms with Crippen LogP contribution in [0.5, 0.6) is 11.5 Å². The van der Waals surface area contributed by atoms with Gasteiger partial charge in [-0.05, 0) is 24.3 Å². The Hall–Kier alpha value is -1.28. The number of thiophene rings is 1. The molecule has 0 aliphatic carbocycles. The average Bonchev–Trinajstić information content (AvgIpc) is 2.91. The molecule has 0 radical (unpaired) electrons. The van der Waals surface area contributed by atoms with Crippen LogP contribution in [0.2, 0.25) is 4.34 Å². The lowest BCUT2D eigenvalue weighted by Gasteiger charge is -2.08.